The van der Waals surface area contributed by atoms with Gasteiger partial charge < -0.3 is 15.2 Å². The summed E-state index contributed by atoms with van der Waals surface area (Å²) in [5, 5.41) is 17.0. The van der Waals surface area contributed by atoms with E-state index in [2.05, 4.69) is 10.4 Å². The van der Waals surface area contributed by atoms with Crippen LogP contribution in [-0.2, 0) is 9.53 Å². The number of rotatable bonds is 4. The molecule has 25 heavy (non-hydrogen) atoms. The number of hydrogen-bond acceptors (Lipinski definition) is 4. The van der Waals surface area contributed by atoms with Crippen LogP contribution < -0.4 is 5.32 Å². The van der Waals surface area contributed by atoms with Gasteiger partial charge in [0.1, 0.15) is 5.54 Å². The molecule has 1 saturated carbocycles. The molecule has 1 amide bonds. The number of ether oxygens (including phenoxy) is 1. The molecule has 0 unspecified atom stereocenters. The Balaban J connectivity index is 1.78. The van der Waals surface area contributed by atoms with Crippen LogP contribution in [0.15, 0.2) is 6.20 Å². The predicted molar refractivity (Wildman–Crippen MR) is 91.6 cm³/mol. The lowest BCUT2D eigenvalue weighted by Gasteiger charge is -2.29. The zero-order valence-electron chi connectivity index (χ0n) is 14.8. The van der Waals surface area contributed by atoms with Crippen LogP contribution in [0.25, 0.3) is 0 Å². The lowest BCUT2D eigenvalue weighted by molar-refractivity contribution is -0.145. The van der Waals surface area contributed by atoms with Gasteiger partial charge in [-0.15, -0.1) is 0 Å². The molecule has 0 atom stereocenters. The van der Waals surface area contributed by atoms with E-state index >= 15 is 0 Å². The molecule has 1 saturated heterocycles. The van der Waals surface area contributed by atoms with E-state index in [9.17, 15) is 14.7 Å². The quantitative estimate of drug-likeness (QED) is 0.815. The van der Waals surface area contributed by atoms with Crippen molar-refractivity contribution >= 4 is 11.9 Å². The number of carboxylic acids is 1. The molecule has 3 rings (SSSR count). The van der Waals surface area contributed by atoms with Gasteiger partial charge in [0.2, 0.25) is 0 Å². The molecule has 1 aromatic heterocycles. The van der Waals surface area contributed by atoms with Gasteiger partial charge in [-0.25, -0.2) is 4.79 Å². The Morgan fingerprint density at radius 3 is 2.48 bits per heavy atom. The van der Waals surface area contributed by atoms with Crippen LogP contribution in [0.3, 0.4) is 0 Å². The molecule has 2 fully saturated rings. The number of carbonyl (C=O) groups excluding carboxylic acids is 1. The minimum absolute atomic E-state index is 0.238. The highest BCUT2D eigenvalue weighted by molar-refractivity contribution is 5.98. The maximum atomic E-state index is 12.8. The average Bonchev–Trinajstić information content (AvgIpc) is 2.83. The molecule has 1 aliphatic heterocycles. The monoisotopic (exact) mass is 349 g/mol. The third-order valence-electron chi connectivity index (χ3n) is 5.55. The number of aromatic nitrogens is 2. The fourth-order valence-corrected chi connectivity index (χ4v) is 3.95. The molecule has 1 aromatic rings. The predicted octanol–water partition coefficient (Wildman–Crippen LogP) is 2.45. The normalized spacial score (nSPS) is 21.5. The second-order valence-electron chi connectivity index (χ2n) is 7.19. The highest BCUT2D eigenvalue weighted by atomic mass is 16.5. The fourth-order valence-electron chi connectivity index (χ4n) is 3.95. The number of nitrogens with zero attached hydrogens (tertiary/aromatic N) is 2. The average molecular weight is 349 g/mol. The summed E-state index contributed by atoms with van der Waals surface area (Å²) in [7, 11) is 0. The van der Waals surface area contributed by atoms with Crippen LogP contribution in [0, 0.1) is 6.92 Å². The van der Waals surface area contributed by atoms with Gasteiger partial charge >= 0.3 is 5.97 Å². The van der Waals surface area contributed by atoms with Crippen LogP contribution in [0.5, 0.6) is 0 Å². The SMILES string of the molecule is Cc1c(C(=O)NC2(C(=O)O)CCCCCC2)cnn1C1CCOCC1. The third kappa shape index (κ3) is 3.71. The minimum atomic E-state index is -1.15. The maximum absolute atomic E-state index is 12.8. The zero-order valence-corrected chi connectivity index (χ0v) is 14.8. The van der Waals surface area contributed by atoms with Gasteiger partial charge in [-0.05, 0) is 32.6 Å². The summed E-state index contributed by atoms with van der Waals surface area (Å²) in [5.74, 6) is -1.27. The molecule has 1 aliphatic carbocycles. The van der Waals surface area contributed by atoms with E-state index in [1.165, 1.54) is 0 Å². The van der Waals surface area contributed by atoms with Gasteiger partial charge in [-0.3, -0.25) is 9.48 Å². The van der Waals surface area contributed by atoms with E-state index in [0.29, 0.717) is 31.6 Å². The van der Waals surface area contributed by atoms with Crippen LogP contribution in [0.4, 0.5) is 0 Å². The first-order valence-electron chi connectivity index (χ1n) is 9.21. The number of nitrogens with one attached hydrogen (secondary N) is 1. The summed E-state index contributed by atoms with van der Waals surface area (Å²) in [5.41, 5.74) is 0.107. The topological polar surface area (TPSA) is 93.5 Å². The number of hydrogen-bond donors (Lipinski definition) is 2. The molecule has 7 heteroatoms. The van der Waals surface area contributed by atoms with E-state index in [1.807, 2.05) is 11.6 Å². The Bertz CT molecular complexity index is 626. The molecule has 138 valence electrons. The summed E-state index contributed by atoms with van der Waals surface area (Å²) >= 11 is 0. The van der Waals surface area contributed by atoms with Crippen molar-refractivity contribution < 1.29 is 19.4 Å². The van der Waals surface area contributed by atoms with Gasteiger partial charge in [0.25, 0.3) is 5.91 Å². The van der Waals surface area contributed by atoms with Gasteiger partial charge in [-0.1, -0.05) is 25.7 Å². The van der Waals surface area contributed by atoms with Crippen molar-refractivity contribution in [1.29, 1.82) is 0 Å². The van der Waals surface area contributed by atoms with Crippen LogP contribution >= 0.6 is 0 Å². The highest BCUT2D eigenvalue weighted by Crippen LogP contribution is 2.29. The number of carboxylic acid groups (broad SMARTS) is 1. The first kappa shape index (κ1) is 17.9. The lowest BCUT2D eigenvalue weighted by atomic mass is 9.90. The Labute approximate surface area is 147 Å². The molecule has 0 aromatic carbocycles. The van der Waals surface area contributed by atoms with E-state index in [1.54, 1.807) is 6.20 Å². The van der Waals surface area contributed by atoms with Crippen LogP contribution in [-0.4, -0.2) is 45.5 Å². The summed E-state index contributed by atoms with van der Waals surface area (Å²) in [4.78, 5) is 24.7. The first-order chi connectivity index (χ1) is 12.0. The van der Waals surface area contributed by atoms with Crippen molar-refractivity contribution in [2.24, 2.45) is 0 Å². The van der Waals surface area contributed by atoms with Gasteiger partial charge in [0.15, 0.2) is 0 Å². The summed E-state index contributed by atoms with van der Waals surface area (Å²) < 4.78 is 7.27. The third-order valence-corrected chi connectivity index (χ3v) is 5.55. The fraction of sp³-hybridized carbons (Fsp3) is 0.722. The standard InChI is InChI=1S/C18H27N3O4/c1-13-15(12-19-21(13)14-6-10-25-11-7-14)16(22)20-18(17(23)24)8-4-2-3-5-9-18/h12,14H,2-11H2,1H3,(H,20,22)(H,23,24). The number of aliphatic carboxylic acids is 1. The zero-order chi connectivity index (χ0) is 17.9. The van der Waals surface area contributed by atoms with E-state index < -0.39 is 11.5 Å². The molecule has 2 N–H and O–H groups in total. The largest absolute Gasteiger partial charge is 0.480 e. The van der Waals surface area contributed by atoms with E-state index in [4.69, 9.17) is 4.74 Å². The Kier molecular flexibility index (Phi) is 5.42. The van der Waals surface area contributed by atoms with Crippen molar-refractivity contribution in [2.75, 3.05) is 13.2 Å². The minimum Gasteiger partial charge on any atom is -0.480 e. The number of amides is 1. The molecule has 0 radical (unpaired) electrons. The molecule has 2 heterocycles. The van der Waals surface area contributed by atoms with Gasteiger partial charge in [0.05, 0.1) is 17.8 Å². The second-order valence-corrected chi connectivity index (χ2v) is 7.19. The molecular formula is C18H27N3O4. The second kappa shape index (κ2) is 7.56. The first-order valence-corrected chi connectivity index (χ1v) is 9.21. The highest BCUT2D eigenvalue weighted by Gasteiger charge is 2.40. The van der Waals surface area contributed by atoms with Gasteiger partial charge in [-0.2, -0.15) is 5.10 Å². The Morgan fingerprint density at radius 2 is 1.88 bits per heavy atom. The summed E-state index contributed by atoms with van der Waals surface area (Å²) in [6.45, 7) is 3.28. The van der Waals surface area contributed by atoms with Crippen molar-refractivity contribution in [1.82, 2.24) is 15.1 Å². The van der Waals surface area contributed by atoms with E-state index in [0.717, 1.165) is 44.2 Å². The summed E-state index contributed by atoms with van der Waals surface area (Å²) in [6.07, 6.45) is 7.98. The van der Waals surface area contributed by atoms with E-state index in [-0.39, 0.29) is 11.9 Å². The van der Waals surface area contributed by atoms with Crippen LogP contribution in [0.2, 0.25) is 0 Å². The molecule has 2 aliphatic rings. The smallest absolute Gasteiger partial charge is 0.329 e. The molecule has 0 bridgehead atoms. The maximum Gasteiger partial charge on any atom is 0.329 e. The van der Waals surface area contributed by atoms with Gasteiger partial charge in [0, 0.05) is 18.9 Å². The van der Waals surface area contributed by atoms with Crippen LogP contribution in [0.1, 0.15) is 73.5 Å². The van der Waals surface area contributed by atoms with Crippen molar-refractivity contribution in [2.45, 2.75) is 69.9 Å². The molecule has 7 nitrogen and oxygen atoms in total. The molecular weight excluding hydrogens is 322 g/mol. The number of carbonyl (C=O) groups is 2. The van der Waals surface area contributed by atoms with Crippen molar-refractivity contribution in [3.05, 3.63) is 17.5 Å². The van der Waals surface area contributed by atoms with Crippen molar-refractivity contribution in [3.63, 3.8) is 0 Å². The Morgan fingerprint density at radius 1 is 1.24 bits per heavy atom. The van der Waals surface area contributed by atoms with Crippen molar-refractivity contribution in [3.8, 4) is 0 Å². The molecule has 0 spiro atoms. The summed E-state index contributed by atoms with van der Waals surface area (Å²) in [6, 6.07) is 0.238. The Hall–Kier alpha value is -1.89. The lowest BCUT2D eigenvalue weighted by Crippen LogP contribution is -2.54.